The summed E-state index contributed by atoms with van der Waals surface area (Å²) < 4.78 is 11.7. The van der Waals surface area contributed by atoms with Crippen molar-refractivity contribution in [3.63, 3.8) is 0 Å². The summed E-state index contributed by atoms with van der Waals surface area (Å²) in [7, 11) is 1.66. The van der Waals surface area contributed by atoms with Gasteiger partial charge in [-0.1, -0.05) is 18.6 Å². The van der Waals surface area contributed by atoms with Crippen molar-refractivity contribution in [1.29, 1.82) is 0 Å². The average molecular weight is 392 g/mol. The molecule has 2 aromatic rings. The van der Waals surface area contributed by atoms with E-state index in [1.54, 1.807) is 7.11 Å². The summed E-state index contributed by atoms with van der Waals surface area (Å²) >= 11 is 0. The normalized spacial score (nSPS) is 20.0. The summed E-state index contributed by atoms with van der Waals surface area (Å²) in [6.45, 7) is 0.530. The summed E-state index contributed by atoms with van der Waals surface area (Å²) in [5.41, 5.74) is 9.60. The zero-order chi connectivity index (χ0) is 20.0. The smallest absolute Gasteiger partial charge is 0.238 e. The van der Waals surface area contributed by atoms with Crippen LogP contribution in [0.5, 0.6) is 11.5 Å². The van der Waals surface area contributed by atoms with E-state index in [2.05, 4.69) is 0 Å². The Morgan fingerprint density at radius 3 is 2.45 bits per heavy atom. The van der Waals surface area contributed by atoms with Gasteiger partial charge in [0.05, 0.1) is 30.9 Å². The van der Waals surface area contributed by atoms with E-state index < -0.39 is 5.41 Å². The summed E-state index contributed by atoms with van der Waals surface area (Å²) in [6.07, 6.45) is 7.63. The zero-order valence-electron chi connectivity index (χ0n) is 16.9. The van der Waals surface area contributed by atoms with Crippen LogP contribution in [-0.2, 0) is 16.8 Å². The van der Waals surface area contributed by atoms with Crippen molar-refractivity contribution in [2.45, 2.75) is 63.0 Å². The molecule has 2 N–H and O–H groups in total. The summed E-state index contributed by atoms with van der Waals surface area (Å²) in [5.74, 6) is 1.78. The van der Waals surface area contributed by atoms with Crippen molar-refractivity contribution in [3.8, 4) is 11.5 Å². The molecule has 0 unspecified atom stereocenters. The van der Waals surface area contributed by atoms with Crippen LogP contribution >= 0.6 is 0 Å². The first-order chi connectivity index (χ1) is 14.1. The summed E-state index contributed by atoms with van der Waals surface area (Å²) in [4.78, 5) is 15.5. The zero-order valence-corrected chi connectivity index (χ0v) is 16.9. The Morgan fingerprint density at radius 1 is 1.10 bits per heavy atom. The fraction of sp³-hybridized carbons (Fsp3) is 0.458. The molecule has 0 radical (unpaired) electrons. The molecule has 0 atom stereocenters. The third-order valence-corrected chi connectivity index (χ3v) is 6.84. The Morgan fingerprint density at radius 2 is 1.83 bits per heavy atom. The van der Waals surface area contributed by atoms with Gasteiger partial charge in [-0.15, -0.1) is 0 Å². The van der Waals surface area contributed by atoms with Crippen LogP contribution in [0.1, 0.15) is 56.1 Å². The van der Waals surface area contributed by atoms with Crippen molar-refractivity contribution in [1.82, 2.24) is 0 Å². The minimum Gasteiger partial charge on any atom is -0.497 e. The maximum absolute atomic E-state index is 13.6. The van der Waals surface area contributed by atoms with Crippen LogP contribution < -0.4 is 20.1 Å². The number of carbonyl (C=O) groups is 1. The van der Waals surface area contributed by atoms with Crippen LogP contribution in [0.2, 0.25) is 0 Å². The van der Waals surface area contributed by atoms with Gasteiger partial charge in [-0.05, 0) is 67.9 Å². The number of nitrogens with zero attached hydrogens (tertiary/aromatic N) is 1. The molecular weight excluding hydrogens is 364 g/mol. The van der Waals surface area contributed by atoms with Gasteiger partial charge in [-0.25, -0.2) is 0 Å². The lowest BCUT2D eigenvalue weighted by Crippen LogP contribution is -2.44. The number of hydrogen-bond acceptors (Lipinski definition) is 4. The minimum absolute atomic E-state index is 0.191. The average Bonchev–Trinajstić information content (AvgIpc) is 3.27. The number of nitrogens with two attached hydrogens (primary N) is 1. The maximum Gasteiger partial charge on any atom is 0.238 e. The molecule has 2 saturated carbocycles. The lowest BCUT2D eigenvalue weighted by molar-refractivity contribution is -0.126. The Bertz CT molecular complexity index is 928. The second-order valence-corrected chi connectivity index (χ2v) is 8.61. The van der Waals surface area contributed by atoms with E-state index in [1.165, 1.54) is 12.8 Å². The number of benzene rings is 2. The second kappa shape index (κ2) is 6.97. The van der Waals surface area contributed by atoms with Gasteiger partial charge < -0.3 is 20.1 Å². The molecule has 0 bridgehead atoms. The lowest BCUT2D eigenvalue weighted by Gasteiger charge is -2.37. The Balaban J connectivity index is 1.55. The third kappa shape index (κ3) is 2.95. The monoisotopic (exact) mass is 392 g/mol. The highest BCUT2D eigenvalue weighted by Gasteiger charge is 2.55. The van der Waals surface area contributed by atoms with Crippen molar-refractivity contribution >= 4 is 17.3 Å². The van der Waals surface area contributed by atoms with Gasteiger partial charge in [0.15, 0.2) is 0 Å². The maximum atomic E-state index is 13.6. The largest absolute Gasteiger partial charge is 0.497 e. The third-order valence-electron chi connectivity index (χ3n) is 6.84. The molecule has 2 aliphatic carbocycles. The fourth-order valence-electron chi connectivity index (χ4n) is 5.10. The van der Waals surface area contributed by atoms with E-state index in [9.17, 15) is 4.79 Å². The minimum atomic E-state index is -0.412. The Hall–Kier alpha value is -2.69. The second-order valence-electron chi connectivity index (χ2n) is 8.61. The fourth-order valence-corrected chi connectivity index (χ4v) is 5.10. The molecule has 1 amide bonds. The number of rotatable bonds is 5. The van der Waals surface area contributed by atoms with Crippen molar-refractivity contribution in [2.24, 2.45) is 0 Å². The topological polar surface area (TPSA) is 64.8 Å². The molecule has 152 valence electrons. The molecule has 1 heterocycles. The Kier molecular flexibility index (Phi) is 4.41. The predicted octanol–water partition coefficient (Wildman–Crippen LogP) is 4.57. The first-order valence-electron chi connectivity index (χ1n) is 10.7. The molecule has 3 aliphatic rings. The van der Waals surface area contributed by atoms with Crippen molar-refractivity contribution < 1.29 is 14.3 Å². The number of hydrogen-bond donors (Lipinski definition) is 1. The number of amides is 1. The van der Waals surface area contributed by atoms with E-state index in [-0.39, 0.29) is 12.0 Å². The van der Waals surface area contributed by atoms with E-state index in [4.69, 9.17) is 15.2 Å². The van der Waals surface area contributed by atoms with Crippen LogP contribution in [0.25, 0.3) is 0 Å². The van der Waals surface area contributed by atoms with E-state index in [0.29, 0.717) is 12.2 Å². The van der Waals surface area contributed by atoms with Crippen LogP contribution in [0.4, 0.5) is 11.4 Å². The number of fused-ring (bicyclic) bond motifs is 2. The molecule has 2 fully saturated rings. The van der Waals surface area contributed by atoms with Gasteiger partial charge in [0.1, 0.15) is 11.5 Å². The standard InChI is InChI=1S/C24H28N2O3/c1-28-18-9-7-16(8-10-18)15-26-22-20(24(23(26)27)11-4-12-24)13-17(25)14-21(22)29-19-5-2-3-6-19/h7-10,13-14,19H,2-6,11-12,15,25H2,1H3. The van der Waals surface area contributed by atoms with Gasteiger partial charge in [0.2, 0.25) is 5.91 Å². The molecule has 0 saturated heterocycles. The van der Waals surface area contributed by atoms with E-state index >= 15 is 0 Å². The molecule has 5 heteroatoms. The van der Waals surface area contributed by atoms with Crippen molar-refractivity contribution in [2.75, 3.05) is 17.7 Å². The number of methoxy groups -OCH3 is 1. The first kappa shape index (κ1) is 18.3. The van der Waals surface area contributed by atoms with Crippen LogP contribution in [0.3, 0.4) is 0 Å². The molecule has 29 heavy (non-hydrogen) atoms. The number of nitrogen functional groups attached to an aromatic ring is 1. The first-order valence-corrected chi connectivity index (χ1v) is 10.7. The number of ether oxygens (including phenoxy) is 2. The van der Waals surface area contributed by atoms with Gasteiger partial charge in [-0.3, -0.25) is 4.79 Å². The molecular formula is C24H28N2O3. The SMILES string of the molecule is COc1ccc(CN2C(=O)C3(CCC3)c3cc(N)cc(OC4CCCC4)c32)cc1. The van der Waals surface area contributed by atoms with Crippen LogP contribution in [0.15, 0.2) is 36.4 Å². The van der Waals surface area contributed by atoms with Gasteiger partial charge in [-0.2, -0.15) is 0 Å². The summed E-state index contributed by atoms with van der Waals surface area (Å²) in [5, 5.41) is 0. The molecule has 0 aromatic heterocycles. The quantitative estimate of drug-likeness (QED) is 0.757. The lowest BCUT2D eigenvalue weighted by atomic mass is 9.65. The highest BCUT2D eigenvalue weighted by atomic mass is 16.5. The molecule has 1 aliphatic heterocycles. The van der Waals surface area contributed by atoms with Gasteiger partial charge >= 0.3 is 0 Å². The van der Waals surface area contributed by atoms with E-state index in [0.717, 1.165) is 60.4 Å². The van der Waals surface area contributed by atoms with Crippen LogP contribution in [0, 0.1) is 0 Å². The molecule has 5 nitrogen and oxygen atoms in total. The number of anilines is 2. The highest BCUT2D eigenvalue weighted by molar-refractivity contribution is 6.10. The summed E-state index contributed by atoms with van der Waals surface area (Å²) in [6, 6.07) is 11.8. The molecule has 1 spiro atoms. The van der Waals surface area contributed by atoms with Gasteiger partial charge in [0.25, 0.3) is 0 Å². The molecule has 5 rings (SSSR count). The molecule has 2 aromatic carbocycles. The number of carbonyl (C=O) groups excluding carboxylic acids is 1. The van der Waals surface area contributed by atoms with Gasteiger partial charge in [0, 0.05) is 11.8 Å². The Labute approximate surface area is 171 Å². The predicted molar refractivity (Wildman–Crippen MR) is 113 cm³/mol. The van der Waals surface area contributed by atoms with Crippen LogP contribution in [-0.4, -0.2) is 19.1 Å². The highest BCUT2D eigenvalue weighted by Crippen LogP contribution is 2.57. The van der Waals surface area contributed by atoms with E-state index in [1.807, 2.05) is 41.3 Å². The van der Waals surface area contributed by atoms with Crippen molar-refractivity contribution in [3.05, 3.63) is 47.5 Å².